The molecule has 1 aromatic heterocycles. The number of hydrogen-bond acceptors (Lipinski definition) is 4. The summed E-state index contributed by atoms with van der Waals surface area (Å²) in [6.45, 7) is 0.570. The molecule has 0 unspecified atom stereocenters. The Labute approximate surface area is 115 Å². The molecule has 2 aromatic rings. The SMILES string of the molecule is O=C(O)c1ccnnc1NCCc1ccc(Cl)cc1. The lowest BCUT2D eigenvalue weighted by molar-refractivity contribution is 0.0697. The summed E-state index contributed by atoms with van der Waals surface area (Å²) in [5.74, 6) is -0.743. The highest BCUT2D eigenvalue weighted by Gasteiger charge is 2.10. The Morgan fingerprint density at radius 2 is 2.00 bits per heavy atom. The van der Waals surface area contributed by atoms with Crippen molar-refractivity contribution in [1.82, 2.24) is 10.2 Å². The van der Waals surface area contributed by atoms with E-state index in [0.717, 1.165) is 12.0 Å². The molecule has 0 radical (unpaired) electrons. The van der Waals surface area contributed by atoms with Crippen LogP contribution in [-0.2, 0) is 6.42 Å². The van der Waals surface area contributed by atoms with Crippen LogP contribution in [0.2, 0.25) is 5.02 Å². The summed E-state index contributed by atoms with van der Waals surface area (Å²) in [7, 11) is 0. The Morgan fingerprint density at radius 1 is 1.26 bits per heavy atom. The Kier molecular flexibility index (Phi) is 4.30. The number of rotatable bonds is 5. The van der Waals surface area contributed by atoms with Crippen molar-refractivity contribution in [1.29, 1.82) is 0 Å². The zero-order valence-corrected chi connectivity index (χ0v) is 10.8. The molecule has 19 heavy (non-hydrogen) atoms. The smallest absolute Gasteiger partial charge is 0.339 e. The number of halogens is 1. The molecule has 1 heterocycles. The highest BCUT2D eigenvalue weighted by atomic mass is 35.5. The molecular formula is C13H12ClN3O2. The van der Waals surface area contributed by atoms with Crippen molar-refractivity contribution in [2.24, 2.45) is 0 Å². The standard InChI is InChI=1S/C13H12ClN3O2/c14-10-3-1-9(2-4-10)5-7-15-12-11(13(18)19)6-8-16-17-12/h1-4,6,8H,5,7H2,(H,15,17)(H,18,19). The second kappa shape index (κ2) is 6.15. The fourth-order valence-electron chi connectivity index (χ4n) is 1.61. The van der Waals surface area contributed by atoms with Crippen molar-refractivity contribution < 1.29 is 9.90 Å². The van der Waals surface area contributed by atoms with E-state index in [4.69, 9.17) is 16.7 Å². The van der Waals surface area contributed by atoms with Crippen LogP contribution in [0.1, 0.15) is 15.9 Å². The van der Waals surface area contributed by atoms with Crippen LogP contribution in [-0.4, -0.2) is 27.8 Å². The third-order valence-electron chi connectivity index (χ3n) is 2.57. The highest BCUT2D eigenvalue weighted by molar-refractivity contribution is 6.30. The van der Waals surface area contributed by atoms with Crippen molar-refractivity contribution >= 4 is 23.4 Å². The summed E-state index contributed by atoms with van der Waals surface area (Å²) in [5, 5.41) is 20.1. The molecule has 0 aliphatic heterocycles. The van der Waals surface area contributed by atoms with Gasteiger partial charge in [-0.3, -0.25) is 0 Å². The fourth-order valence-corrected chi connectivity index (χ4v) is 1.74. The van der Waals surface area contributed by atoms with Gasteiger partial charge in [0.1, 0.15) is 5.56 Å². The lowest BCUT2D eigenvalue weighted by Crippen LogP contribution is -2.11. The molecule has 6 heteroatoms. The molecule has 0 spiro atoms. The van der Waals surface area contributed by atoms with E-state index in [1.54, 1.807) is 0 Å². The minimum Gasteiger partial charge on any atom is -0.478 e. The first-order chi connectivity index (χ1) is 9.16. The maximum Gasteiger partial charge on any atom is 0.339 e. The van der Waals surface area contributed by atoms with Crippen molar-refractivity contribution in [3.63, 3.8) is 0 Å². The van der Waals surface area contributed by atoms with Gasteiger partial charge in [0.2, 0.25) is 0 Å². The van der Waals surface area contributed by atoms with Crippen LogP contribution < -0.4 is 5.32 Å². The van der Waals surface area contributed by atoms with Gasteiger partial charge in [-0.05, 0) is 30.2 Å². The van der Waals surface area contributed by atoms with Gasteiger partial charge in [0, 0.05) is 11.6 Å². The van der Waals surface area contributed by atoms with Crippen LogP contribution in [0.25, 0.3) is 0 Å². The van der Waals surface area contributed by atoms with E-state index in [2.05, 4.69) is 15.5 Å². The van der Waals surface area contributed by atoms with Crippen LogP contribution in [0.4, 0.5) is 5.82 Å². The number of carboxylic acids is 1. The van der Waals surface area contributed by atoms with E-state index >= 15 is 0 Å². The monoisotopic (exact) mass is 277 g/mol. The molecule has 98 valence electrons. The molecule has 2 rings (SSSR count). The van der Waals surface area contributed by atoms with Gasteiger partial charge in [-0.25, -0.2) is 4.79 Å². The van der Waals surface area contributed by atoms with Crippen LogP contribution in [0, 0.1) is 0 Å². The second-order valence-electron chi connectivity index (χ2n) is 3.90. The third kappa shape index (κ3) is 3.66. The van der Waals surface area contributed by atoms with Crippen LogP contribution in [0.3, 0.4) is 0 Å². The number of anilines is 1. The van der Waals surface area contributed by atoms with E-state index in [1.165, 1.54) is 12.3 Å². The van der Waals surface area contributed by atoms with Crippen LogP contribution in [0.15, 0.2) is 36.5 Å². The van der Waals surface area contributed by atoms with Gasteiger partial charge < -0.3 is 10.4 Å². The quantitative estimate of drug-likeness (QED) is 0.878. The Morgan fingerprint density at radius 3 is 2.68 bits per heavy atom. The molecule has 0 aliphatic carbocycles. The zero-order valence-electron chi connectivity index (χ0n) is 10.0. The number of benzene rings is 1. The third-order valence-corrected chi connectivity index (χ3v) is 2.82. The highest BCUT2D eigenvalue weighted by Crippen LogP contribution is 2.12. The molecule has 2 N–H and O–H groups in total. The largest absolute Gasteiger partial charge is 0.478 e. The van der Waals surface area contributed by atoms with Crippen molar-refractivity contribution in [2.75, 3.05) is 11.9 Å². The van der Waals surface area contributed by atoms with Gasteiger partial charge in [0.05, 0.1) is 6.20 Å². The fraction of sp³-hybridized carbons (Fsp3) is 0.154. The minimum atomic E-state index is -1.02. The van der Waals surface area contributed by atoms with Gasteiger partial charge >= 0.3 is 5.97 Å². The number of nitrogens with one attached hydrogen (secondary N) is 1. The molecule has 0 fully saturated rings. The van der Waals surface area contributed by atoms with Gasteiger partial charge in [0.15, 0.2) is 5.82 Å². The first-order valence-corrected chi connectivity index (χ1v) is 6.08. The van der Waals surface area contributed by atoms with Crippen LogP contribution >= 0.6 is 11.6 Å². The molecule has 5 nitrogen and oxygen atoms in total. The van der Waals surface area contributed by atoms with E-state index < -0.39 is 5.97 Å². The van der Waals surface area contributed by atoms with E-state index in [9.17, 15) is 4.79 Å². The summed E-state index contributed by atoms with van der Waals surface area (Å²) in [4.78, 5) is 11.0. The first-order valence-electron chi connectivity index (χ1n) is 5.70. The summed E-state index contributed by atoms with van der Waals surface area (Å²) in [6.07, 6.45) is 2.10. The number of carboxylic acid groups (broad SMARTS) is 1. The van der Waals surface area contributed by atoms with Gasteiger partial charge in [-0.2, -0.15) is 5.10 Å². The molecule has 0 saturated carbocycles. The molecule has 0 saturated heterocycles. The molecule has 0 bridgehead atoms. The molecule has 0 atom stereocenters. The lowest BCUT2D eigenvalue weighted by atomic mass is 10.1. The second-order valence-corrected chi connectivity index (χ2v) is 4.34. The van der Waals surface area contributed by atoms with Crippen molar-refractivity contribution in [3.8, 4) is 0 Å². The normalized spacial score (nSPS) is 10.2. The van der Waals surface area contributed by atoms with Gasteiger partial charge in [0.25, 0.3) is 0 Å². The average Bonchev–Trinajstić information content (AvgIpc) is 2.41. The Hall–Kier alpha value is -2.14. The number of nitrogens with zero attached hydrogens (tertiary/aromatic N) is 2. The summed E-state index contributed by atoms with van der Waals surface area (Å²) in [5.41, 5.74) is 1.23. The summed E-state index contributed by atoms with van der Waals surface area (Å²) < 4.78 is 0. The number of aromatic carboxylic acids is 1. The topological polar surface area (TPSA) is 75.1 Å². The zero-order chi connectivity index (χ0) is 13.7. The van der Waals surface area contributed by atoms with E-state index in [1.807, 2.05) is 24.3 Å². The Bertz CT molecular complexity index is 572. The molecule has 0 amide bonds. The lowest BCUT2D eigenvalue weighted by Gasteiger charge is -2.07. The summed E-state index contributed by atoms with van der Waals surface area (Å²) in [6, 6.07) is 8.92. The molecule has 0 aliphatic rings. The minimum absolute atomic E-state index is 0.117. The van der Waals surface area contributed by atoms with Crippen LogP contribution in [0.5, 0.6) is 0 Å². The predicted octanol–water partition coefficient (Wildman–Crippen LogP) is 2.48. The number of carbonyl (C=O) groups is 1. The van der Waals surface area contributed by atoms with Crippen molar-refractivity contribution in [3.05, 3.63) is 52.7 Å². The average molecular weight is 278 g/mol. The van der Waals surface area contributed by atoms with E-state index in [0.29, 0.717) is 11.6 Å². The predicted molar refractivity (Wildman–Crippen MR) is 72.6 cm³/mol. The number of hydrogen-bond donors (Lipinski definition) is 2. The molecule has 1 aromatic carbocycles. The maximum absolute atomic E-state index is 11.0. The van der Waals surface area contributed by atoms with Gasteiger partial charge in [-0.1, -0.05) is 23.7 Å². The molecular weight excluding hydrogens is 266 g/mol. The number of aromatic nitrogens is 2. The van der Waals surface area contributed by atoms with Crippen molar-refractivity contribution in [2.45, 2.75) is 6.42 Å². The maximum atomic E-state index is 11.0. The first kappa shape index (κ1) is 13.3. The summed E-state index contributed by atoms with van der Waals surface area (Å²) >= 11 is 5.80. The van der Waals surface area contributed by atoms with E-state index in [-0.39, 0.29) is 11.4 Å². The Balaban J connectivity index is 1.96. The van der Waals surface area contributed by atoms with Gasteiger partial charge in [-0.15, -0.1) is 5.10 Å².